The molecular weight excluding hydrogens is 386 g/mol. The van der Waals surface area contributed by atoms with Gasteiger partial charge in [0.25, 0.3) is 0 Å². The number of anilines is 1. The number of ketones is 1. The van der Waals surface area contributed by atoms with Crippen molar-refractivity contribution in [1.82, 2.24) is 0 Å². The van der Waals surface area contributed by atoms with Gasteiger partial charge in [-0.3, -0.25) is 14.4 Å². The van der Waals surface area contributed by atoms with Gasteiger partial charge >= 0.3 is 5.97 Å². The van der Waals surface area contributed by atoms with E-state index < -0.39 is 5.97 Å². The van der Waals surface area contributed by atoms with Crippen LogP contribution < -0.4 is 5.32 Å². The standard InChI is InChI=1S/C23H27NO4S/c1-15(2)11-22(26)24-19-9-7-18(8-10-19)20(25)13-28-23(27)14-29-21-12-16(3)5-6-17(21)4/h5-10,12,15H,11,13-14H2,1-4H3,(H,24,26). The molecule has 5 nitrogen and oxygen atoms in total. The maximum Gasteiger partial charge on any atom is 0.316 e. The molecule has 1 N–H and O–H groups in total. The molecule has 0 unspecified atom stereocenters. The second kappa shape index (κ2) is 10.8. The lowest BCUT2D eigenvalue weighted by atomic mass is 10.1. The van der Waals surface area contributed by atoms with E-state index in [0.717, 1.165) is 16.0 Å². The minimum Gasteiger partial charge on any atom is -0.457 e. The Morgan fingerprint density at radius 2 is 1.72 bits per heavy atom. The van der Waals surface area contributed by atoms with E-state index in [2.05, 4.69) is 5.32 Å². The van der Waals surface area contributed by atoms with Crippen LogP contribution in [0.1, 0.15) is 41.8 Å². The van der Waals surface area contributed by atoms with E-state index in [0.29, 0.717) is 17.7 Å². The maximum absolute atomic E-state index is 12.2. The van der Waals surface area contributed by atoms with Crippen LogP contribution >= 0.6 is 11.8 Å². The molecule has 0 saturated carbocycles. The summed E-state index contributed by atoms with van der Waals surface area (Å²) in [5.41, 5.74) is 3.30. The highest BCUT2D eigenvalue weighted by Gasteiger charge is 2.12. The first-order valence-corrected chi connectivity index (χ1v) is 10.5. The van der Waals surface area contributed by atoms with Crippen molar-refractivity contribution >= 4 is 35.1 Å². The van der Waals surface area contributed by atoms with E-state index in [-0.39, 0.29) is 30.0 Å². The molecule has 29 heavy (non-hydrogen) atoms. The highest BCUT2D eigenvalue weighted by atomic mass is 32.2. The Kier molecular flexibility index (Phi) is 8.46. The zero-order valence-corrected chi connectivity index (χ0v) is 18.1. The first-order chi connectivity index (χ1) is 13.7. The van der Waals surface area contributed by atoms with Gasteiger partial charge in [0, 0.05) is 22.6 Å². The molecule has 0 bridgehead atoms. The Labute approximate surface area is 176 Å². The molecule has 154 valence electrons. The van der Waals surface area contributed by atoms with E-state index in [1.807, 2.05) is 45.9 Å². The summed E-state index contributed by atoms with van der Waals surface area (Å²) in [6, 6.07) is 12.6. The molecule has 2 aromatic rings. The van der Waals surface area contributed by atoms with Gasteiger partial charge < -0.3 is 10.1 Å². The number of amides is 1. The van der Waals surface area contributed by atoms with Crippen LogP contribution in [0.25, 0.3) is 0 Å². The molecule has 2 aromatic carbocycles. The number of aryl methyl sites for hydroxylation is 2. The summed E-state index contributed by atoms with van der Waals surface area (Å²) in [5, 5.41) is 2.79. The third kappa shape index (κ3) is 7.74. The maximum atomic E-state index is 12.2. The number of esters is 1. The minimum atomic E-state index is -0.429. The molecule has 6 heteroatoms. The predicted molar refractivity (Wildman–Crippen MR) is 116 cm³/mol. The van der Waals surface area contributed by atoms with E-state index in [9.17, 15) is 14.4 Å². The number of carbonyl (C=O) groups is 3. The van der Waals surface area contributed by atoms with Crippen molar-refractivity contribution in [2.75, 3.05) is 17.7 Å². The van der Waals surface area contributed by atoms with Crippen LogP contribution in [0.15, 0.2) is 47.4 Å². The molecule has 0 atom stereocenters. The zero-order valence-electron chi connectivity index (χ0n) is 17.3. The van der Waals surface area contributed by atoms with Gasteiger partial charge in [0.1, 0.15) is 0 Å². The lowest BCUT2D eigenvalue weighted by molar-refractivity contribution is -0.139. The minimum absolute atomic E-state index is 0.0608. The Balaban J connectivity index is 1.80. The van der Waals surface area contributed by atoms with Gasteiger partial charge in [0.05, 0.1) is 5.75 Å². The molecule has 0 spiro atoms. The highest BCUT2D eigenvalue weighted by Crippen LogP contribution is 2.23. The summed E-state index contributed by atoms with van der Waals surface area (Å²) in [4.78, 5) is 37.0. The molecule has 1 amide bonds. The molecule has 0 radical (unpaired) electrons. The third-order valence-corrected chi connectivity index (χ3v) is 5.27. The Morgan fingerprint density at radius 3 is 2.38 bits per heavy atom. The van der Waals surface area contributed by atoms with E-state index in [1.165, 1.54) is 11.8 Å². The van der Waals surface area contributed by atoms with Crippen molar-refractivity contribution in [3.8, 4) is 0 Å². The first-order valence-electron chi connectivity index (χ1n) is 9.53. The number of ether oxygens (including phenoxy) is 1. The number of benzene rings is 2. The van der Waals surface area contributed by atoms with Crippen LogP contribution in [-0.4, -0.2) is 30.0 Å². The van der Waals surface area contributed by atoms with Gasteiger partial charge in [0.2, 0.25) is 5.91 Å². The van der Waals surface area contributed by atoms with Gasteiger partial charge in [-0.1, -0.05) is 31.5 Å². The summed E-state index contributed by atoms with van der Waals surface area (Å²) < 4.78 is 5.11. The van der Waals surface area contributed by atoms with E-state index >= 15 is 0 Å². The quantitative estimate of drug-likeness (QED) is 0.363. The fourth-order valence-corrected chi connectivity index (χ4v) is 3.51. The second-order valence-corrected chi connectivity index (χ2v) is 8.38. The predicted octanol–water partition coefficient (Wildman–Crippen LogP) is 4.81. The summed E-state index contributed by atoms with van der Waals surface area (Å²) in [7, 11) is 0. The summed E-state index contributed by atoms with van der Waals surface area (Å²) in [5.74, 6) is -0.344. The molecule has 0 fully saturated rings. The second-order valence-electron chi connectivity index (χ2n) is 7.36. The summed E-state index contributed by atoms with van der Waals surface area (Å²) >= 11 is 1.40. The fourth-order valence-electron chi connectivity index (χ4n) is 2.59. The number of hydrogen-bond acceptors (Lipinski definition) is 5. The average Bonchev–Trinajstić information content (AvgIpc) is 2.66. The molecule has 0 saturated heterocycles. The van der Waals surface area contributed by atoms with Crippen LogP contribution in [0, 0.1) is 19.8 Å². The molecule has 0 heterocycles. The number of rotatable bonds is 9. The SMILES string of the molecule is Cc1ccc(C)c(SCC(=O)OCC(=O)c2ccc(NC(=O)CC(C)C)cc2)c1. The van der Waals surface area contributed by atoms with E-state index in [4.69, 9.17) is 4.74 Å². The molecular formula is C23H27NO4S. The van der Waals surface area contributed by atoms with Gasteiger partial charge in [-0.15, -0.1) is 11.8 Å². The summed E-state index contributed by atoms with van der Waals surface area (Å²) in [6.07, 6.45) is 0.441. The van der Waals surface area contributed by atoms with Crippen LogP contribution in [0.4, 0.5) is 5.69 Å². The molecule has 0 aliphatic heterocycles. The van der Waals surface area contributed by atoms with Crippen molar-refractivity contribution < 1.29 is 19.1 Å². The van der Waals surface area contributed by atoms with Crippen LogP contribution in [0.5, 0.6) is 0 Å². The van der Waals surface area contributed by atoms with Crippen LogP contribution in [0.2, 0.25) is 0 Å². The van der Waals surface area contributed by atoms with Gasteiger partial charge in [0.15, 0.2) is 12.4 Å². The van der Waals surface area contributed by atoms with Crippen molar-refractivity contribution in [2.45, 2.75) is 39.0 Å². The third-order valence-electron chi connectivity index (χ3n) is 4.14. The average molecular weight is 414 g/mol. The molecule has 2 rings (SSSR count). The zero-order chi connectivity index (χ0) is 21.4. The molecule has 0 aliphatic rings. The van der Waals surface area contributed by atoms with Crippen LogP contribution in [0.3, 0.4) is 0 Å². The number of hydrogen-bond donors (Lipinski definition) is 1. The molecule has 0 aromatic heterocycles. The van der Waals surface area contributed by atoms with Crippen molar-refractivity contribution in [1.29, 1.82) is 0 Å². The smallest absolute Gasteiger partial charge is 0.316 e. The monoisotopic (exact) mass is 413 g/mol. The lowest BCUT2D eigenvalue weighted by Gasteiger charge is -2.09. The van der Waals surface area contributed by atoms with Gasteiger partial charge in [-0.2, -0.15) is 0 Å². The van der Waals surface area contributed by atoms with Crippen molar-refractivity contribution in [3.05, 3.63) is 59.2 Å². The Hall–Kier alpha value is -2.60. The molecule has 0 aliphatic carbocycles. The fraction of sp³-hybridized carbons (Fsp3) is 0.348. The normalized spacial score (nSPS) is 10.7. The van der Waals surface area contributed by atoms with Crippen LogP contribution in [-0.2, 0) is 14.3 Å². The highest BCUT2D eigenvalue weighted by molar-refractivity contribution is 8.00. The van der Waals surface area contributed by atoms with E-state index in [1.54, 1.807) is 24.3 Å². The van der Waals surface area contributed by atoms with Crippen molar-refractivity contribution in [2.24, 2.45) is 5.92 Å². The lowest BCUT2D eigenvalue weighted by Crippen LogP contribution is -2.16. The number of carbonyl (C=O) groups excluding carboxylic acids is 3. The van der Waals surface area contributed by atoms with Gasteiger partial charge in [-0.25, -0.2) is 0 Å². The number of nitrogens with one attached hydrogen (secondary N) is 1. The topological polar surface area (TPSA) is 72.5 Å². The largest absolute Gasteiger partial charge is 0.457 e. The first kappa shape index (κ1) is 22.7. The Bertz CT molecular complexity index is 875. The Morgan fingerprint density at radius 1 is 1.03 bits per heavy atom. The van der Waals surface area contributed by atoms with Crippen molar-refractivity contribution in [3.63, 3.8) is 0 Å². The number of thioether (sulfide) groups is 1. The number of Topliss-reactive ketones (excluding diaryl/α,β-unsaturated/α-hetero) is 1. The summed E-state index contributed by atoms with van der Waals surface area (Å²) in [6.45, 7) is 7.64. The van der Waals surface area contributed by atoms with Gasteiger partial charge in [-0.05, 0) is 55.7 Å².